The predicted octanol–water partition coefficient (Wildman–Crippen LogP) is 4.73. The number of aromatic nitrogens is 2. The fraction of sp³-hybridized carbons (Fsp3) is 0.393. The summed E-state index contributed by atoms with van der Waals surface area (Å²) in [6.45, 7) is 5.69. The Kier molecular flexibility index (Phi) is 7.13. The number of anilines is 2. The first-order valence-corrected chi connectivity index (χ1v) is 12.7. The fourth-order valence-corrected chi connectivity index (χ4v) is 4.78. The molecule has 8 heteroatoms. The van der Waals surface area contributed by atoms with Crippen LogP contribution in [0.4, 0.5) is 16.0 Å². The standard InChI is InChI=1S/C28H32FN5O2/c1-2-3-14-36-28-31-26(30)23-16-25(35)34(27(23)32-28)17-19-6-8-20(9-7-19)21-10-11-22(24(29)15-21)18-33-12-4-5-13-33/h6-11,15H,2-5,12-14,16-18H2,1H3,(H2,30,31,32). The Hall–Kier alpha value is -3.52. The van der Waals surface area contributed by atoms with E-state index in [2.05, 4.69) is 21.8 Å². The van der Waals surface area contributed by atoms with Crippen molar-refractivity contribution in [3.8, 4) is 17.1 Å². The molecule has 1 aromatic heterocycles. The number of rotatable bonds is 9. The first-order valence-electron chi connectivity index (χ1n) is 12.7. The number of nitrogens with two attached hydrogens (primary N) is 1. The number of nitrogens with zero attached hydrogens (tertiary/aromatic N) is 4. The summed E-state index contributed by atoms with van der Waals surface area (Å²) in [5.74, 6) is 0.556. The number of carbonyl (C=O) groups is 1. The minimum atomic E-state index is -0.169. The normalized spacial score (nSPS) is 15.5. The average molecular weight is 490 g/mol. The number of hydrogen-bond donors (Lipinski definition) is 1. The van der Waals surface area contributed by atoms with E-state index in [1.54, 1.807) is 11.0 Å². The zero-order valence-electron chi connectivity index (χ0n) is 20.7. The van der Waals surface area contributed by atoms with E-state index in [0.717, 1.165) is 48.2 Å². The number of carbonyl (C=O) groups excluding carboxylic acids is 1. The van der Waals surface area contributed by atoms with Crippen molar-refractivity contribution in [2.24, 2.45) is 0 Å². The smallest absolute Gasteiger partial charge is 0.320 e. The molecular formula is C28H32FN5O2. The first kappa shape index (κ1) is 24.2. The third kappa shape index (κ3) is 5.18. The zero-order chi connectivity index (χ0) is 25.1. The van der Waals surface area contributed by atoms with Gasteiger partial charge >= 0.3 is 6.01 Å². The van der Waals surface area contributed by atoms with Gasteiger partial charge in [-0.05, 0) is 55.1 Å². The number of benzene rings is 2. The number of nitrogen functional groups attached to an aromatic ring is 1. The van der Waals surface area contributed by atoms with Gasteiger partial charge in [-0.15, -0.1) is 0 Å². The number of amides is 1. The van der Waals surface area contributed by atoms with Gasteiger partial charge in [0.25, 0.3) is 0 Å². The molecule has 2 aliphatic rings. The molecule has 36 heavy (non-hydrogen) atoms. The Bertz CT molecular complexity index is 1240. The van der Waals surface area contributed by atoms with Gasteiger partial charge in [-0.25, -0.2) is 4.39 Å². The van der Waals surface area contributed by atoms with Gasteiger partial charge in [0.05, 0.1) is 19.6 Å². The molecule has 0 saturated carbocycles. The Labute approximate surface area is 211 Å². The van der Waals surface area contributed by atoms with Crippen LogP contribution in [0.2, 0.25) is 0 Å². The molecule has 7 nitrogen and oxygen atoms in total. The summed E-state index contributed by atoms with van der Waals surface area (Å²) in [5, 5.41) is 0. The van der Waals surface area contributed by atoms with Crippen LogP contribution in [0.15, 0.2) is 42.5 Å². The highest BCUT2D eigenvalue weighted by atomic mass is 19.1. The Morgan fingerprint density at radius 2 is 1.78 bits per heavy atom. The summed E-state index contributed by atoms with van der Waals surface area (Å²) in [7, 11) is 0. The lowest BCUT2D eigenvalue weighted by Crippen LogP contribution is -2.26. The molecule has 0 aliphatic carbocycles. The molecule has 1 amide bonds. The molecule has 0 bridgehead atoms. The van der Waals surface area contributed by atoms with E-state index in [1.165, 1.54) is 12.8 Å². The summed E-state index contributed by atoms with van der Waals surface area (Å²) in [4.78, 5) is 25.4. The van der Waals surface area contributed by atoms with Crippen LogP contribution in [-0.2, 0) is 24.3 Å². The molecule has 0 unspecified atom stereocenters. The quantitative estimate of drug-likeness (QED) is 0.438. The van der Waals surface area contributed by atoms with Crippen molar-refractivity contribution in [3.63, 3.8) is 0 Å². The van der Waals surface area contributed by atoms with Crippen molar-refractivity contribution in [2.45, 2.75) is 52.1 Å². The fourth-order valence-electron chi connectivity index (χ4n) is 4.78. The Morgan fingerprint density at radius 3 is 2.50 bits per heavy atom. The SMILES string of the molecule is CCCCOc1nc(N)c2c(n1)N(Cc1ccc(-c3ccc(CN4CCCC4)c(F)c3)cc1)C(=O)C2. The lowest BCUT2D eigenvalue weighted by atomic mass is 10.0. The number of unbranched alkanes of at least 4 members (excludes halogenated alkanes) is 1. The van der Waals surface area contributed by atoms with Crippen LogP contribution in [-0.4, -0.2) is 40.5 Å². The van der Waals surface area contributed by atoms with Gasteiger partial charge in [0, 0.05) is 17.7 Å². The highest BCUT2D eigenvalue weighted by Gasteiger charge is 2.32. The third-order valence-corrected chi connectivity index (χ3v) is 6.88. The Morgan fingerprint density at radius 1 is 1.03 bits per heavy atom. The zero-order valence-corrected chi connectivity index (χ0v) is 20.7. The number of ether oxygens (including phenoxy) is 1. The van der Waals surface area contributed by atoms with Crippen molar-refractivity contribution >= 4 is 17.5 Å². The number of fused-ring (bicyclic) bond motifs is 1. The molecule has 3 heterocycles. The monoisotopic (exact) mass is 489 g/mol. The van der Waals surface area contributed by atoms with E-state index in [0.29, 0.717) is 31.1 Å². The maximum Gasteiger partial charge on any atom is 0.320 e. The summed E-state index contributed by atoms with van der Waals surface area (Å²) < 4.78 is 20.4. The molecule has 1 saturated heterocycles. The molecular weight excluding hydrogens is 457 g/mol. The van der Waals surface area contributed by atoms with Crippen molar-refractivity contribution in [1.29, 1.82) is 0 Å². The molecule has 1 fully saturated rings. The van der Waals surface area contributed by atoms with E-state index < -0.39 is 0 Å². The number of hydrogen-bond acceptors (Lipinski definition) is 6. The maximum atomic E-state index is 14.8. The van der Waals surface area contributed by atoms with Crippen LogP contribution in [0, 0.1) is 5.82 Å². The molecule has 0 radical (unpaired) electrons. The largest absolute Gasteiger partial charge is 0.463 e. The van der Waals surface area contributed by atoms with E-state index in [-0.39, 0.29) is 30.0 Å². The van der Waals surface area contributed by atoms with Crippen LogP contribution in [0.25, 0.3) is 11.1 Å². The summed E-state index contributed by atoms with van der Waals surface area (Å²) in [5.41, 5.74) is 10.2. The van der Waals surface area contributed by atoms with E-state index in [1.807, 2.05) is 36.4 Å². The minimum absolute atomic E-state index is 0.0727. The highest BCUT2D eigenvalue weighted by Crippen LogP contribution is 2.33. The third-order valence-electron chi connectivity index (χ3n) is 6.88. The average Bonchev–Trinajstić information content (AvgIpc) is 3.49. The van der Waals surface area contributed by atoms with Gasteiger partial charge in [-0.3, -0.25) is 14.6 Å². The van der Waals surface area contributed by atoms with Gasteiger partial charge in [0.15, 0.2) is 0 Å². The van der Waals surface area contributed by atoms with Gasteiger partial charge in [-0.2, -0.15) is 9.97 Å². The first-order chi connectivity index (χ1) is 17.5. The van der Waals surface area contributed by atoms with E-state index >= 15 is 0 Å². The highest BCUT2D eigenvalue weighted by molar-refractivity contribution is 6.01. The molecule has 3 aromatic rings. The van der Waals surface area contributed by atoms with Crippen LogP contribution >= 0.6 is 0 Å². The van der Waals surface area contributed by atoms with Gasteiger partial charge in [-0.1, -0.05) is 49.7 Å². The summed E-state index contributed by atoms with van der Waals surface area (Å²) in [6.07, 6.45) is 4.44. The lowest BCUT2D eigenvalue weighted by molar-refractivity contribution is -0.117. The van der Waals surface area contributed by atoms with Crippen molar-refractivity contribution < 1.29 is 13.9 Å². The van der Waals surface area contributed by atoms with Gasteiger partial charge < -0.3 is 10.5 Å². The Balaban J connectivity index is 1.29. The van der Waals surface area contributed by atoms with Crippen molar-refractivity contribution in [1.82, 2.24) is 14.9 Å². The molecule has 2 aromatic carbocycles. The molecule has 5 rings (SSSR count). The molecule has 0 atom stereocenters. The van der Waals surface area contributed by atoms with E-state index in [4.69, 9.17) is 10.5 Å². The van der Waals surface area contributed by atoms with Gasteiger partial charge in [0.1, 0.15) is 17.5 Å². The molecule has 2 N–H and O–H groups in total. The second-order valence-corrected chi connectivity index (χ2v) is 9.54. The number of likely N-dealkylation sites (tertiary alicyclic amines) is 1. The summed E-state index contributed by atoms with van der Waals surface area (Å²) in [6, 6.07) is 13.5. The van der Waals surface area contributed by atoms with Crippen LogP contribution < -0.4 is 15.4 Å². The van der Waals surface area contributed by atoms with Crippen LogP contribution in [0.5, 0.6) is 6.01 Å². The van der Waals surface area contributed by atoms with Crippen molar-refractivity contribution in [2.75, 3.05) is 30.3 Å². The molecule has 188 valence electrons. The van der Waals surface area contributed by atoms with Crippen LogP contribution in [0.3, 0.4) is 0 Å². The second-order valence-electron chi connectivity index (χ2n) is 9.54. The molecule has 0 spiro atoms. The lowest BCUT2D eigenvalue weighted by Gasteiger charge is -2.18. The topological polar surface area (TPSA) is 84.6 Å². The molecule has 2 aliphatic heterocycles. The van der Waals surface area contributed by atoms with E-state index in [9.17, 15) is 9.18 Å². The van der Waals surface area contributed by atoms with Crippen molar-refractivity contribution in [3.05, 3.63) is 65.0 Å². The maximum absolute atomic E-state index is 14.8. The summed E-state index contributed by atoms with van der Waals surface area (Å²) >= 11 is 0. The van der Waals surface area contributed by atoms with Gasteiger partial charge in [0.2, 0.25) is 5.91 Å². The second kappa shape index (κ2) is 10.6. The minimum Gasteiger partial charge on any atom is -0.463 e. The number of halogens is 1. The van der Waals surface area contributed by atoms with Crippen LogP contribution in [0.1, 0.15) is 49.3 Å². The predicted molar refractivity (Wildman–Crippen MR) is 138 cm³/mol.